The number of guanidine groups is 1. The lowest BCUT2D eigenvalue weighted by atomic mass is 10.2. The molecule has 1 saturated heterocycles. The predicted octanol–water partition coefficient (Wildman–Crippen LogP) is 2.51. The highest BCUT2D eigenvalue weighted by atomic mass is 16.3. The maximum atomic E-state index is 5.42. The average Bonchev–Trinajstić information content (AvgIpc) is 3.33. The molecule has 0 amide bonds. The van der Waals surface area contributed by atoms with Gasteiger partial charge in [0.2, 0.25) is 0 Å². The molecule has 24 heavy (non-hydrogen) atoms. The second-order valence-electron chi connectivity index (χ2n) is 6.63. The summed E-state index contributed by atoms with van der Waals surface area (Å²) in [5.74, 6) is 2.10. The van der Waals surface area contributed by atoms with Crippen molar-refractivity contribution in [1.29, 1.82) is 0 Å². The number of likely N-dealkylation sites (tertiary alicyclic amines) is 1. The van der Waals surface area contributed by atoms with Gasteiger partial charge in [-0.05, 0) is 25.0 Å². The van der Waals surface area contributed by atoms with Crippen LogP contribution in [0.1, 0.15) is 31.9 Å². The fourth-order valence-electron chi connectivity index (χ4n) is 3.39. The number of hydrogen-bond donors (Lipinski definition) is 1. The summed E-state index contributed by atoms with van der Waals surface area (Å²) in [6.07, 6.45) is 10.8. The van der Waals surface area contributed by atoms with E-state index in [0.717, 1.165) is 63.8 Å². The second kappa shape index (κ2) is 8.92. The average molecular weight is 330 g/mol. The Hall–Kier alpha value is -1.75. The van der Waals surface area contributed by atoms with E-state index < -0.39 is 0 Å². The van der Waals surface area contributed by atoms with Crippen molar-refractivity contribution >= 4 is 5.96 Å². The standard InChI is InChI=1S/C19H30N4O/c1-2-3-10-20-19(21-11-8-18-7-6-15-24-18)23-14-9-17(16-23)22-12-4-5-13-22/h4-7,15,17H,2-3,8-14,16H2,1H3,(H,20,21). The monoisotopic (exact) mass is 330 g/mol. The van der Waals surface area contributed by atoms with Crippen molar-refractivity contribution in [3.63, 3.8) is 0 Å². The minimum Gasteiger partial charge on any atom is -0.469 e. The van der Waals surface area contributed by atoms with E-state index in [9.17, 15) is 0 Å². The molecule has 0 spiro atoms. The molecule has 2 aliphatic heterocycles. The number of rotatable bonds is 7. The predicted molar refractivity (Wildman–Crippen MR) is 98.3 cm³/mol. The molecular formula is C19H30N4O. The molecule has 0 aliphatic carbocycles. The lowest BCUT2D eigenvalue weighted by molar-refractivity contribution is 0.259. The van der Waals surface area contributed by atoms with Gasteiger partial charge >= 0.3 is 0 Å². The third-order valence-corrected chi connectivity index (χ3v) is 4.83. The van der Waals surface area contributed by atoms with Crippen molar-refractivity contribution in [3.8, 4) is 0 Å². The van der Waals surface area contributed by atoms with E-state index in [2.05, 4.69) is 34.2 Å². The zero-order valence-electron chi connectivity index (χ0n) is 14.8. The van der Waals surface area contributed by atoms with Crippen LogP contribution in [0.4, 0.5) is 0 Å². The van der Waals surface area contributed by atoms with Gasteiger partial charge in [-0.1, -0.05) is 25.5 Å². The first-order valence-electron chi connectivity index (χ1n) is 9.31. The number of nitrogens with one attached hydrogen (secondary N) is 1. The van der Waals surface area contributed by atoms with Gasteiger partial charge in [-0.2, -0.15) is 0 Å². The van der Waals surface area contributed by atoms with Gasteiger partial charge in [-0.15, -0.1) is 0 Å². The van der Waals surface area contributed by atoms with Crippen LogP contribution >= 0.6 is 0 Å². The molecule has 0 radical (unpaired) electrons. The van der Waals surface area contributed by atoms with Crippen molar-refractivity contribution in [1.82, 2.24) is 15.1 Å². The fraction of sp³-hybridized carbons (Fsp3) is 0.632. The van der Waals surface area contributed by atoms with Gasteiger partial charge in [-0.3, -0.25) is 9.89 Å². The molecule has 1 aromatic heterocycles. The first-order chi connectivity index (χ1) is 11.9. The normalized spacial score (nSPS) is 21.8. The number of hydrogen-bond acceptors (Lipinski definition) is 3. The van der Waals surface area contributed by atoms with Crippen molar-refractivity contribution in [2.75, 3.05) is 39.3 Å². The van der Waals surface area contributed by atoms with E-state index in [1.54, 1.807) is 6.26 Å². The van der Waals surface area contributed by atoms with E-state index in [4.69, 9.17) is 9.41 Å². The molecule has 132 valence electrons. The first-order valence-corrected chi connectivity index (χ1v) is 9.31. The molecule has 2 aliphatic rings. The summed E-state index contributed by atoms with van der Waals surface area (Å²) in [6, 6.07) is 4.63. The Bertz CT molecular complexity index is 530. The van der Waals surface area contributed by atoms with Crippen LogP contribution < -0.4 is 5.32 Å². The Morgan fingerprint density at radius 3 is 3.00 bits per heavy atom. The maximum absolute atomic E-state index is 5.42. The molecule has 1 aromatic rings. The molecule has 1 unspecified atom stereocenters. The van der Waals surface area contributed by atoms with E-state index >= 15 is 0 Å². The fourth-order valence-corrected chi connectivity index (χ4v) is 3.39. The number of furan rings is 1. The van der Waals surface area contributed by atoms with E-state index in [1.165, 1.54) is 12.8 Å². The zero-order valence-corrected chi connectivity index (χ0v) is 14.8. The lowest BCUT2D eigenvalue weighted by Crippen LogP contribution is -2.43. The van der Waals surface area contributed by atoms with Gasteiger partial charge in [0, 0.05) is 51.7 Å². The van der Waals surface area contributed by atoms with Crippen LogP contribution in [0, 0.1) is 0 Å². The lowest BCUT2D eigenvalue weighted by Gasteiger charge is -2.25. The smallest absolute Gasteiger partial charge is 0.193 e. The van der Waals surface area contributed by atoms with E-state index in [0.29, 0.717) is 6.04 Å². The van der Waals surface area contributed by atoms with Crippen LogP contribution in [-0.2, 0) is 6.42 Å². The molecule has 3 heterocycles. The Kier molecular flexibility index (Phi) is 6.35. The van der Waals surface area contributed by atoms with Crippen LogP contribution in [-0.4, -0.2) is 61.1 Å². The Morgan fingerprint density at radius 1 is 1.38 bits per heavy atom. The molecule has 5 nitrogen and oxygen atoms in total. The van der Waals surface area contributed by atoms with Gasteiger partial charge in [-0.25, -0.2) is 0 Å². The molecule has 0 bridgehead atoms. The summed E-state index contributed by atoms with van der Waals surface area (Å²) in [6.45, 7) is 8.38. The van der Waals surface area contributed by atoms with Crippen LogP contribution in [0.25, 0.3) is 0 Å². The van der Waals surface area contributed by atoms with E-state index in [1.807, 2.05) is 12.1 Å². The molecule has 5 heteroatoms. The van der Waals surface area contributed by atoms with Gasteiger partial charge in [0.05, 0.1) is 6.26 Å². The molecular weight excluding hydrogens is 300 g/mol. The summed E-state index contributed by atoms with van der Waals surface area (Å²) in [7, 11) is 0. The minimum absolute atomic E-state index is 0.656. The SMILES string of the molecule is CCCCN=C(NCCc1ccco1)N1CCC(N2CC=CC2)C1. The first kappa shape index (κ1) is 17.1. The number of nitrogens with zero attached hydrogens (tertiary/aromatic N) is 3. The molecule has 0 saturated carbocycles. The number of aliphatic imine (C=N–C) groups is 1. The molecule has 1 N–H and O–H groups in total. The Labute approximate surface area is 145 Å². The molecule has 0 aromatic carbocycles. The van der Waals surface area contributed by atoms with Crippen molar-refractivity contribution < 1.29 is 4.42 Å². The van der Waals surface area contributed by atoms with Gasteiger partial charge < -0.3 is 14.6 Å². The topological polar surface area (TPSA) is 44.0 Å². The highest BCUT2D eigenvalue weighted by Gasteiger charge is 2.29. The third-order valence-electron chi connectivity index (χ3n) is 4.83. The highest BCUT2D eigenvalue weighted by molar-refractivity contribution is 5.80. The van der Waals surface area contributed by atoms with Crippen molar-refractivity contribution in [2.45, 2.75) is 38.6 Å². The van der Waals surface area contributed by atoms with E-state index in [-0.39, 0.29) is 0 Å². The summed E-state index contributed by atoms with van der Waals surface area (Å²) in [4.78, 5) is 9.84. The van der Waals surface area contributed by atoms with Gasteiger partial charge in [0.25, 0.3) is 0 Å². The van der Waals surface area contributed by atoms with Crippen LogP contribution in [0.3, 0.4) is 0 Å². The summed E-state index contributed by atoms with van der Waals surface area (Å²) in [5.41, 5.74) is 0. The summed E-state index contributed by atoms with van der Waals surface area (Å²) >= 11 is 0. The van der Waals surface area contributed by atoms with Gasteiger partial charge in [0.1, 0.15) is 5.76 Å². The van der Waals surface area contributed by atoms with Crippen LogP contribution in [0.2, 0.25) is 0 Å². The maximum Gasteiger partial charge on any atom is 0.193 e. The summed E-state index contributed by atoms with van der Waals surface area (Å²) in [5, 5.41) is 3.55. The largest absolute Gasteiger partial charge is 0.469 e. The molecule has 3 rings (SSSR count). The Balaban J connectivity index is 1.52. The van der Waals surface area contributed by atoms with Crippen LogP contribution in [0.15, 0.2) is 40.0 Å². The third kappa shape index (κ3) is 4.63. The zero-order chi connectivity index (χ0) is 16.6. The summed E-state index contributed by atoms with van der Waals surface area (Å²) < 4.78 is 5.42. The van der Waals surface area contributed by atoms with Crippen molar-refractivity contribution in [2.24, 2.45) is 4.99 Å². The van der Waals surface area contributed by atoms with Gasteiger partial charge in [0.15, 0.2) is 5.96 Å². The highest BCUT2D eigenvalue weighted by Crippen LogP contribution is 2.18. The number of unbranched alkanes of at least 4 members (excludes halogenated alkanes) is 1. The Morgan fingerprint density at radius 2 is 2.25 bits per heavy atom. The quantitative estimate of drug-likeness (QED) is 0.361. The molecule has 1 atom stereocenters. The van der Waals surface area contributed by atoms with Crippen LogP contribution in [0.5, 0.6) is 0 Å². The minimum atomic E-state index is 0.656. The van der Waals surface area contributed by atoms with Crippen molar-refractivity contribution in [3.05, 3.63) is 36.3 Å². The second-order valence-corrected chi connectivity index (χ2v) is 6.63. The molecule has 1 fully saturated rings.